The molecule has 1 radical (unpaired) electrons. The predicted octanol–water partition coefficient (Wildman–Crippen LogP) is -1.76. The molecule has 1 fully saturated rings. The van der Waals surface area contributed by atoms with E-state index in [0.717, 1.165) is 11.8 Å². The first-order valence-electron chi connectivity index (χ1n) is 6.32. The Bertz CT molecular complexity index is 432. The van der Waals surface area contributed by atoms with Crippen molar-refractivity contribution in [3.63, 3.8) is 0 Å². The summed E-state index contributed by atoms with van der Waals surface area (Å²) >= 11 is 0. The van der Waals surface area contributed by atoms with Crippen LogP contribution in [0.4, 0.5) is 0 Å². The van der Waals surface area contributed by atoms with Crippen molar-refractivity contribution in [2.75, 3.05) is 0 Å². The van der Waals surface area contributed by atoms with Crippen LogP contribution < -0.4 is 24.8 Å². The molecule has 101 valence electrons. The maximum atomic E-state index is 2.50. The normalized spacial score (nSPS) is 31.1. The van der Waals surface area contributed by atoms with Crippen LogP contribution in [0.25, 0.3) is 0 Å². The van der Waals surface area contributed by atoms with Crippen LogP contribution in [0.5, 0.6) is 0 Å². The van der Waals surface area contributed by atoms with Gasteiger partial charge in [-0.3, -0.25) is 0 Å². The van der Waals surface area contributed by atoms with E-state index in [2.05, 4.69) is 50.6 Å². The predicted molar refractivity (Wildman–Crippen MR) is 68.7 cm³/mol. The van der Waals surface area contributed by atoms with Crippen LogP contribution in [0.1, 0.15) is 26.7 Å². The number of hydrogen-bond acceptors (Lipinski definition) is 0. The molecule has 3 rings (SSSR count). The standard InChI is InChI=1S/C16H19.2ClH.Zr/c1-11-7-9-14(12(11)2)16-10-8-13-5-3-4-6-15(13)16;;;/h3-8,13,15-16H,9-10H2,1-2H3;2*1H;/q-1;;;+3/p-2. The first-order chi connectivity index (χ1) is 7.77. The molecule has 3 aliphatic carbocycles. The molecule has 0 heterocycles. The van der Waals surface area contributed by atoms with Gasteiger partial charge in [-0.2, -0.15) is 6.42 Å². The first-order valence-corrected chi connectivity index (χ1v) is 6.32. The monoisotopic (exact) mass is 371 g/mol. The summed E-state index contributed by atoms with van der Waals surface area (Å²) in [6.07, 6.45) is 16.5. The zero-order valence-electron chi connectivity index (χ0n) is 11.4. The van der Waals surface area contributed by atoms with E-state index in [4.69, 9.17) is 0 Å². The molecule has 19 heavy (non-hydrogen) atoms. The second-order valence-electron chi connectivity index (χ2n) is 5.24. The Morgan fingerprint density at radius 2 is 1.79 bits per heavy atom. The zero-order valence-corrected chi connectivity index (χ0v) is 15.3. The fourth-order valence-corrected chi connectivity index (χ4v) is 3.37. The van der Waals surface area contributed by atoms with Crippen LogP contribution >= 0.6 is 0 Å². The summed E-state index contributed by atoms with van der Waals surface area (Å²) < 4.78 is 0. The second kappa shape index (κ2) is 8.01. The van der Waals surface area contributed by atoms with Crippen LogP contribution in [0.2, 0.25) is 0 Å². The molecule has 0 aliphatic heterocycles. The Morgan fingerprint density at radius 3 is 2.42 bits per heavy atom. The Balaban J connectivity index is 0.00000108. The smallest absolute Gasteiger partial charge is 1.00 e. The molecule has 0 amide bonds. The molecule has 3 aliphatic rings. The summed E-state index contributed by atoms with van der Waals surface area (Å²) in [7, 11) is 0. The number of rotatable bonds is 1. The third kappa shape index (κ3) is 3.55. The molecule has 0 N–H and O–H groups in total. The largest absolute Gasteiger partial charge is 3.00 e. The van der Waals surface area contributed by atoms with Gasteiger partial charge in [-0.05, 0) is 37.7 Å². The van der Waals surface area contributed by atoms with E-state index in [1.165, 1.54) is 18.4 Å². The zero-order chi connectivity index (χ0) is 11.1. The van der Waals surface area contributed by atoms with Gasteiger partial charge in [0.05, 0.1) is 0 Å². The SMILES string of the molecule is CC1=CCC(C2C[CH-]C3C=CC=CC32)=C1C.[Cl-].[Cl-].[Zr+3]. The van der Waals surface area contributed by atoms with Gasteiger partial charge in [-0.1, -0.05) is 35.5 Å². The average molecular weight is 373 g/mol. The fourth-order valence-electron chi connectivity index (χ4n) is 3.37. The molecule has 0 nitrogen and oxygen atoms in total. The van der Waals surface area contributed by atoms with Gasteiger partial charge in [0.1, 0.15) is 0 Å². The molecule has 3 heteroatoms. The van der Waals surface area contributed by atoms with Crippen LogP contribution in [-0.2, 0) is 26.2 Å². The van der Waals surface area contributed by atoms with Gasteiger partial charge in [0.25, 0.3) is 0 Å². The van der Waals surface area contributed by atoms with Crippen molar-refractivity contribution < 1.29 is 51.0 Å². The summed E-state index contributed by atoms with van der Waals surface area (Å²) in [4.78, 5) is 0. The first kappa shape index (κ1) is 19.4. The molecule has 3 atom stereocenters. The molecule has 0 aromatic heterocycles. The van der Waals surface area contributed by atoms with Gasteiger partial charge in [0, 0.05) is 0 Å². The summed E-state index contributed by atoms with van der Waals surface area (Å²) in [6, 6.07) is 0. The topological polar surface area (TPSA) is 0 Å². The number of fused-ring (bicyclic) bond motifs is 1. The van der Waals surface area contributed by atoms with Gasteiger partial charge in [0.15, 0.2) is 0 Å². The Labute approximate surface area is 148 Å². The minimum absolute atomic E-state index is 0. The summed E-state index contributed by atoms with van der Waals surface area (Å²) in [6.45, 7) is 4.54. The van der Waals surface area contributed by atoms with Gasteiger partial charge in [-0.25, -0.2) is 0 Å². The van der Waals surface area contributed by atoms with Crippen LogP contribution in [0.15, 0.2) is 47.1 Å². The Hall–Kier alpha value is 0.423. The minimum atomic E-state index is 0. The van der Waals surface area contributed by atoms with Crippen LogP contribution in [0.3, 0.4) is 0 Å². The van der Waals surface area contributed by atoms with E-state index >= 15 is 0 Å². The van der Waals surface area contributed by atoms with Crippen LogP contribution in [-0.4, -0.2) is 0 Å². The molecule has 3 unspecified atom stereocenters. The van der Waals surface area contributed by atoms with Gasteiger partial charge in [0.2, 0.25) is 0 Å². The van der Waals surface area contributed by atoms with E-state index in [1.807, 2.05) is 0 Å². The summed E-state index contributed by atoms with van der Waals surface area (Å²) in [5, 5.41) is 0. The number of halogens is 2. The molecule has 0 bridgehead atoms. The summed E-state index contributed by atoms with van der Waals surface area (Å²) in [5.41, 5.74) is 4.75. The molecule has 0 aromatic carbocycles. The number of hydrogen-bond donors (Lipinski definition) is 0. The second-order valence-corrected chi connectivity index (χ2v) is 5.24. The molecule has 0 spiro atoms. The van der Waals surface area contributed by atoms with Crippen molar-refractivity contribution in [2.45, 2.75) is 26.7 Å². The molecular weight excluding hydrogens is 354 g/mol. The average Bonchev–Trinajstić information content (AvgIpc) is 2.85. The van der Waals surface area contributed by atoms with Crippen molar-refractivity contribution >= 4 is 0 Å². The van der Waals surface area contributed by atoms with E-state index in [-0.39, 0.29) is 51.0 Å². The van der Waals surface area contributed by atoms with Gasteiger partial charge in [-0.15, -0.1) is 12.0 Å². The molecule has 0 saturated heterocycles. The quantitative estimate of drug-likeness (QED) is 0.478. The third-order valence-corrected chi connectivity index (χ3v) is 4.50. The van der Waals surface area contributed by atoms with Crippen molar-refractivity contribution in [3.05, 3.63) is 53.5 Å². The van der Waals surface area contributed by atoms with Gasteiger partial charge >= 0.3 is 26.2 Å². The van der Waals surface area contributed by atoms with E-state index < -0.39 is 0 Å². The molecule has 1 saturated carbocycles. The summed E-state index contributed by atoms with van der Waals surface area (Å²) in [5.74, 6) is 2.19. The number of allylic oxidation sites excluding steroid dienone is 8. The van der Waals surface area contributed by atoms with E-state index in [1.54, 1.807) is 11.1 Å². The van der Waals surface area contributed by atoms with Crippen molar-refractivity contribution in [1.82, 2.24) is 0 Å². The Morgan fingerprint density at radius 1 is 1.11 bits per heavy atom. The van der Waals surface area contributed by atoms with E-state index in [0.29, 0.717) is 5.92 Å². The van der Waals surface area contributed by atoms with Crippen molar-refractivity contribution in [1.29, 1.82) is 0 Å². The Kier molecular flexibility index (Phi) is 8.19. The third-order valence-electron chi connectivity index (χ3n) is 4.50. The minimum Gasteiger partial charge on any atom is -1.00 e. The van der Waals surface area contributed by atoms with Gasteiger partial charge < -0.3 is 31.2 Å². The van der Waals surface area contributed by atoms with E-state index in [9.17, 15) is 0 Å². The molecule has 0 aromatic rings. The maximum absolute atomic E-state index is 2.50. The fraction of sp³-hybridized carbons (Fsp3) is 0.438. The van der Waals surface area contributed by atoms with Crippen molar-refractivity contribution in [3.8, 4) is 0 Å². The van der Waals surface area contributed by atoms with Crippen molar-refractivity contribution in [2.24, 2.45) is 17.8 Å². The maximum Gasteiger partial charge on any atom is 3.00 e. The molecular formula is C16H19Cl2Zr. The van der Waals surface area contributed by atoms with Crippen LogP contribution in [0, 0.1) is 24.2 Å².